The third-order valence-corrected chi connectivity index (χ3v) is 5.93. The number of hydrogen-bond acceptors (Lipinski definition) is 6. The second-order valence-corrected chi connectivity index (χ2v) is 8.01. The fraction of sp³-hybridized carbons (Fsp3) is 0.381. The fourth-order valence-corrected chi connectivity index (χ4v) is 4.53. The highest BCUT2D eigenvalue weighted by atomic mass is 16.5. The van der Waals surface area contributed by atoms with Crippen LogP contribution >= 0.6 is 0 Å². The van der Waals surface area contributed by atoms with Crippen LogP contribution in [0.4, 0.5) is 0 Å². The number of rotatable bonds is 3. The minimum atomic E-state index is 0.0483. The van der Waals surface area contributed by atoms with E-state index in [1.54, 1.807) is 12.3 Å². The summed E-state index contributed by atoms with van der Waals surface area (Å²) in [6.45, 7) is 4.23. The molecule has 4 heterocycles. The van der Waals surface area contributed by atoms with E-state index < -0.39 is 0 Å². The Bertz CT molecular complexity index is 1000. The van der Waals surface area contributed by atoms with Crippen molar-refractivity contribution < 1.29 is 13.7 Å². The van der Waals surface area contributed by atoms with Crippen molar-refractivity contribution in [3.8, 4) is 11.4 Å². The maximum absolute atomic E-state index is 12.7. The van der Waals surface area contributed by atoms with E-state index in [0.717, 1.165) is 31.6 Å². The van der Waals surface area contributed by atoms with E-state index in [9.17, 15) is 4.79 Å². The number of benzene rings is 1. The van der Waals surface area contributed by atoms with Crippen LogP contribution in [0.3, 0.4) is 0 Å². The molecule has 2 aliphatic rings. The molecule has 28 heavy (non-hydrogen) atoms. The van der Waals surface area contributed by atoms with Gasteiger partial charge in [0, 0.05) is 30.6 Å². The number of carbonyl (C=O) groups excluding carboxylic acids is 1. The maximum Gasteiger partial charge on any atom is 0.257 e. The lowest BCUT2D eigenvalue weighted by Crippen LogP contribution is -2.59. The molecule has 2 aliphatic heterocycles. The van der Waals surface area contributed by atoms with Gasteiger partial charge in [0.25, 0.3) is 5.91 Å². The summed E-state index contributed by atoms with van der Waals surface area (Å²) in [5.41, 5.74) is 1.69. The molecule has 0 N–H and O–H groups in total. The predicted molar refractivity (Wildman–Crippen MR) is 102 cm³/mol. The highest BCUT2D eigenvalue weighted by molar-refractivity contribution is 5.95. The number of likely N-dealkylation sites (tertiary alicyclic amines) is 2. The lowest BCUT2D eigenvalue weighted by Gasteiger charge is -2.48. The summed E-state index contributed by atoms with van der Waals surface area (Å²) in [5, 5.41) is 4.16. The highest BCUT2D eigenvalue weighted by Crippen LogP contribution is 2.47. The van der Waals surface area contributed by atoms with Crippen LogP contribution in [0.5, 0.6) is 0 Å². The molecule has 2 fully saturated rings. The van der Waals surface area contributed by atoms with Gasteiger partial charge < -0.3 is 13.8 Å². The molecule has 1 unspecified atom stereocenters. The third-order valence-electron chi connectivity index (χ3n) is 5.93. The average Bonchev–Trinajstić information content (AvgIpc) is 3.39. The van der Waals surface area contributed by atoms with E-state index >= 15 is 0 Å². The van der Waals surface area contributed by atoms with Gasteiger partial charge >= 0.3 is 0 Å². The molecule has 2 saturated heterocycles. The molecule has 0 saturated carbocycles. The van der Waals surface area contributed by atoms with Gasteiger partial charge in [0.2, 0.25) is 11.7 Å². The first-order valence-electron chi connectivity index (χ1n) is 9.47. The molecule has 0 bridgehead atoms. The molecule has 144 valence electrons. The van der Waals surface area contributed by atoms with E-state index in [1.165, 1.54) is 0 Å². The van der Waals surface area contributed by atoms with Gasteiger partial charge in [-0.05, 0) is 26.5 Å². The molecule has 0 radical (unpaired) electrons. The van der Waals surface area contributed by atoms with Crippen molar-refractivity contribution >= 4 is 5.91 Å². The molecular weight excluding hydrogens is 356 g/mol. The van der Waals surface area contributed by atoms with Gasteiger partial charge in [-0.25, -0.2) is 0 Å². The van der Waals surface area contributed by atoms with Crippen LogP contribution in [0.2, 0.25) is 0 Å². The van der Waals surface area contributed by atoms with Crippen LogP contribution in [0.1, 0.15) is 34.5 Å². The van der Waals surface area contributed by atoms with Gasteiger partial charge in [0.15, 0.2) is 0 Å². The molecule has 1 atom stereocenters. The SMILES string of the molecule is Cc1occc1C(=O)N1CC2(CC(c3nc(-c4ccccc4)no3)N(C)C2)C1. The molecule has 1 aromatic carbocycles. The molecule has 7 heteroatoms. The quantitative estimate of drug-likeness (QED) is 0.697. The molecule has 3 aromatic rings. The Balaban J connectivity index is 1.28. The Morgan fingerprint density at radius 1 is 1.18 bits per heavy atom. The molecule has 7 nitrogen and oxygen atoms in total. The maximum atomic E-state index is 12.7. The van der Waals surface area contributed by atoms with Crippen molar-refractivity contribution in [1.82, 2.24) is 19.9 Å². The standard InChI is InChI=1S/C21H22N4O3/c1-14-16(8-9-27-14)20(26)25-12-21(13-25)10-17(24(2)11-21)19-22-18(23-28-19)15-6-4-3-5-7-15/h3-9,17H,10-13H2,1-2H3. The van der Waals surface area contributed by atoms with Crippen molar-refractivity contribution in [2.75, 3.05) is 26.7 Å². The van der Waals surface area contributed by atoms with Gasteiger partial charge in [0.05, 0.1) is 17.9 Å². The predicted octanol–water partition coefficient (Wildman–Crippen LogP) is 3.16. The summed E-state index contributed by atoms with van der Waals surface area (Å²) in [7, 11) is 2.08. The van der Waals surface area contributed by atoms with Crippen molar-refractivity contribution in [3.05, 3.63) is 59.9 Å². The summed E-state index contributed by atoms with van der Waals surface area (Å²) in [4.78, 5) is 21.4. The number of aryl methyl sites for hydroxylation is 1. The average molecular weight is 378 g/mol. The minimum Gasteiger partial charge on any atom is -0.469 e. The lowest BCUT2D eigenvalue weighted by atomic mass is 9.77. The van der Waals surface area contributed by atoms with Crippen LogP contribution in [0.15, 0.2) is 51.6 Å². The number of hydrogen-bond donors (Lipinski definition) is 0. The third kappa shape index (κ3) is 2.74. The first-order valence-corrected chi connectivity index (χ1v) is 9.47. The number of nitrogens with zero attached hydrogens (tertiary/aromatic N) is 4. The van der Waals surface area contributed by atoms with Gasteiger partial charge in [-0.3, -0.25) is 9.69 Å². The Kier molecular flexibility index (Phi) is 3.87. The van der Waals surface area contributed by atoms with Gasteiger partial charge in [0.1, 0.15) is 5.76 Å². The highest BCUT2D eigenvalue weighted by Gasteiger charge is 2.53. The molecule has 1 amide bonds. The number of furan rings is 1. The summed E-state index contributed by atoms with van der Waals surface area (Å²) >= 11 is 0. The Morgan fingerprint density at radius 3 is 2.68 bits per heavy atom. The molecule has 0 aliphatic carbocycles. The van der Waals surface area contributed by atoms with Crippen molar-refractivity contribution in [2.45, 2.75) is 19.4 Å². The van der Waals surface area contributed by atoms with E-state index in [1.807, 2.05) is 42.2 Å². The van der Waals surface area contributed by atoms with Crippen molar-refractivity contribution in [3.63, 3.8) is 0 Å². The number of carbonyl (C=O) groups is 1. The monoisotopic (exact) mass is 378 g/mol. The van der Waals surface area contributed by atoms with E-state index in [-0.39, 0.29) is 17.4 Å². The van der Waals surface area contributed by atoms with Gasteiger partial charge in [-0.1, -0.05) is 35.5 Å². The van der Waals surface area contributed by atoms with Crippen LogP contribution in [-0.4, -0.2) is 52.5 Å². The molecular formula is C21H22N4O3. The number of amides is 1. The Labute approximate surface area is 162 Å². The fourth-order valence-electron chi connectivity index (χ4n) is 4.53. The normalized spacial score (nSPS) is 21.2. The van der Waals surface area contributed by atoms with E-state index in [2.05, 4.69) is 22.1 Å². The second-order valence-electron chi connectivity index (χ2n) is 8.01. The first-order chi connectivity index (χ1) is 13.5. The van der Waals surface area contributed by atoms with Crippen molar-refractivity contribution in [1.29, 1.82) is 0 Å². The second kappa shape index (κ2) is 6.31. The van der Waals surface area contributed by atoms with E-state index in [4.69, 9.17) is 8.94 Å². The lowest BCUT2D eigenvalue weighted by molar-refractivity contribution is 0.0113. The van der Waals surface area contributed by atoms with Crippen LogP contribution in [-0.2, 0) is 0 Å². The zero-order chi connectivity index (χ0) is 19.3. The largest absolute Gasteiger partial charge is 0.469 e. The smallest absolute Gasteiger partial charge is 0.257 e. The number of aromatic nitrogens is 2. The van der Waals surface area contributed by atoms with Crippen molar-refractivity contribution in [2.24, 2.45) is 5.41 Å². The van der Waals surface area contributed by atoms with Crippen LogP contribution in [0.25, 0.3) is 11.4 Å². The summed E-state index contributed by atoms with van der Waals surface area (Å²) in [6.07, 6.45) is 2.48. The van der Waals surface area contributed by atoms with Crippen LogP contribution in [0, 0.1) is 12.3 Å². The zero-order valence-electron chi connectivity index (χ0n) is 16.0. The minimum absolute atomic E-state index is 0.0483. The van der Waals surface area contributed by atoms with Gasteiger partial charge in [-0.15, -0.1) is 0 Å². The Morgan fingerprint density at radius 2 is 1.96 bits per heavy atom. The first kappa shape index (κ1) is 17.2. The Hall–Kier alpha value is -2.93. The van der Waals surface area contributed by atoms with E-state index in [0.29, 0.717) is 23.0 Å². The zero-order valence-corrected chi connectivity index (χ0v) is 16.0. The molecule has 2 aromatic heterocycles. The van der Waals surface area contributed by atoms with Crippen LogP contribution < -0.4 is 0 Å². The topological polar surface area (TPSA) is 75.6 Å². The summed E-state index contributed by atoms with van der Waals surface area (Å²) in [5.74, 6) is 1.98. The molecule has 5 rings (SSSR count). The van der Waals surface area contributed by atoms with Gasteiger partial charge in [-0.2, -0.15) is 4.98 Å². The summed E-state index contributed by atoms with van der Waals surface area (Å²) in [6, 6.07) is 11.7. The molecule has 1 spiro atoms. The summed E-state index contributed by atoms with van der Waals surface area (Å²) < 4.78 is 10.9.